The number of amides is 1. The number of carboxylic acid groups (broad SMARTS) is 1. The van der Waals surface area contributed by atoms with E-state index in [1.807, 2.05) is 24.5 Å². The summed E-state index contributed by atoms with van der Waals surface area (Å²) in [6, 6.07) is 20.6. The van der Waals surface area contributed by atoms with Crippen molar-refractivity contribution in [1.29, 1.82) is 0 Å². The van der Waals surface area contributed by atoms with E-state index in [-0.39, 0.29) is 68.9 Å². The minimum absolute atomic E-state index is 0. The largest absolute Gasteiger partial charge is 0.481 e. The number of hydrogen-bond donors (Lipinski definition) is 4. The summed E-state index contributed by atoms with van der Waals surface area (Å²) < 4.78 is 29.9. The summed E-state index contributed by atoms with van der Waals surface area (Å²) >= 11 is 0. The van der Waals surface area contributed by atoms with Gasteiger partial charge in [0.25, 0.3) is 5.91 Å². The Balaban J connectivity index is 0.00000506. The van der Waals surface area contributed by atoms with E-state index in [2.05, 4.69) is 5.32 Å². The van der Waals surface area contributed by atoms with Crippen LogP contribution in [-0.4, -0.2) is 81.7 Å². The third kappa shape index (κ3) is 8.74. The number of aliphatic hydroxyl groups is 2. The summed E-state index contributed by atoms with van der Waals surface area (Å²) in [5.74, 6) is -2.62. The molecule has 43 heavy (non-hydrogen) atoms. The van der Waals surface area contributed by atoms with Crippen molar-refractivity contribution in [3.63, 3.8) is 0 Å². The molecule has 3 aromatic carbocycles. The fourth-order valence-corrected chi connectivity index (χ4v) is 5.21. The van der Waals surface area contributed by atoms with Gasteiger partial charge in [0.2, 0.25) is 0 Å². The van der Waals surface area contributed by atoms with Gasteiger partial charge in [-0.25, -0.2) is 8.78 Å². The van der Waals surface area contributed by atoms with E-state index in [0.717, 1.165) is 0 Å². The number of carbonyl (C=O) groups is 2. The van der Waals surface area contributed by atoms with Crippen LogP contribution in [0.25, 0.3) is 22.4 Å². The molecule has 0 saturated carbocycles. The quantitative estimate of drug-likeness (QED) is 0.144. The van der Waals surface area contributed by atoms with E-state index in [9.17, 15) is 28.6 Å². The molecule has 0 aliphatic heterocycles. The molecule has 1 heterocycles. The molecule has 2 atom stereocenters. The van der Waals surface area contributed by atoms with Crippen LogP contribution in [0.5, 0.6) is 0 Å². The Morgan fingerprint density at radius 3 is 1.93 bits per heavy atom. The number of aliphatic carboxylic acids is 1. The molecule has 1 amide bonds. The number of rotatable bonds is 12. The van der Waals surface area contributed by atoms with Crippen LogP contribution in [0, 0.1) is 11.6 Å². The maximum Gasteiger partial charge on any atom is 0.305 e. The molecule has 0 saturated heterocycles. The van der Waals surface area contributed by atoms with Crippen LogP contribution in [0.15, 0.2) is 78.9 Å². The van der Waals surface area contributed by atoms with Gasteiger partial charge in [0.1, 0.15) is 11.6 Å². The SMILES string of the molecule is CC(C)c1c(C(=O)Nc2ccccc2)c(-c2ccc(F)cc2)c(-c2ccc(F)cc2)n1CC[C@@H](O)C[C@@H](O)CC(=O)O.[Ca]. The van der Waals surface area contributed by atoms with Gasteiger partial charge >= 0.3 is 5.97 Å². The maximum atomic E-state index is 14.0. The van der Waals surface area contributed by atoms with Crippen molar-refractivity contribution >= 4 is 55.3 Å². The maximum absolute atomic E-state index is 14.0. The van der Waals surface area contributed by atoms with Crippen LogP contribution in [0.3, 0.4) is 0 Å². The number of nitrogens with one attached hydrogen (secondary N) is 1. The third-order valence-corrected chi connectivity index (χ3v) is 7.00. The molecule has 0 aliphatic rings. The Morgan fingerprint density at radius 2 is 1.40 bits per heavy atom. The van der Waals surface area contributed by atoms with E-state index in [4.69, 9.17) is 5.11 Å². The van der Waals surface area contributed by atoms with E-state index in [1.54, 1.807) is 48.5 Å². The number of para-hydroxylation sites is 1. The molecule has 7 nitrogen and oxygen atoms in total. The van der Waals surface area contributed by atoms with Crippen LogP contribution in [0.4, 0.5) is 14.5 Å². The van der Waals surface area contributed by atoms with Crippen molar-refractivity contribution < 1.29 is 33.7 Å². The Hall–Kier alpha value is -3.08. The fourth-order valence-electron chi connectivity index (χ4n) is 5.21. The molecule has 222 valence electrons. The van der Waals surface area contributed by atoms with Crippen molar-refractivity contribution in [1.82, 2.24) is 4.57 Å². The van der Waals surface area contributed by atoms with Gasteiger partial charge in [-0.3, -0.25) is 9.59 Å². The first kappa shape index (κ1) is 34.4. The van der Waals surface area contributed by atoms with E-state index >= 15 is 0 Å². The molecule has 1 aromatic heterocycles. The summed E-state index contributed by atoms with van der Waals surface area (Å²) in [7, 11) is 0. The van der Waals surface area contributed by atoms with Crippen molar-refractivity contribution in [2.45, 2.75) is 57.8 Å². The molecule has 0 bridgehead atoms. The molecule has 4 N–H and O–H groups in total. The number of aromatic nitrogens is 1. The number of halogens is 2. The van der Waals surface area contributed by atoms with Gasteiger partial charge in [-0.05, 0) is 78.4 Å². The number of carboxylic acids is 1. The summed E-state index contributed by atoms with van der Waals surface area (Å²) in [5.41, 5.74) is 3.89. The number of aliphatic hydroxyl groups excluding tert-OH is 2. The van der Waals surface area contributed by atoms with Gasteiger partial charge in [-0.1, -0.05) is 44.2 Å². The summed E-state index contributed by atoms with van der Waals surface area (Å²) in [5, 5.41) is 32.7. The molecule has 0 fully saturated rings. The average Bonchev–Trinajstić information content (AvgIpc) is 3.28. The smallest absolute Gasteiger partial charge is 0.305 e. The second-order valence-electron chi connectivity index (χ2n) is 10.6. The Bertz CT molecular complexity index is 1520. The van der Waals surface area contributed by atoms with Crippen LogP contribution in [-0.2, 0) is 11.3 Å². The van der Waals surface area contributed by atoms with Crippen molar-refractivity contribution in [2.75, 3.05) is 5.32 Å². The number of carbonyl (C=O) groups excluding carboxylic acids is 1. The molecule has 0 unspecified atom stereocenters. The topological polar surface area (TPSA) is 112 Å². The summed E-state index contributed by atoms with van der Waals surface area (Å²) in [4.78, 5) is 25.0. The van der Waals surface area contributed by atoms with Gasteiger partial charge in [0, 0.05) is 61.2 Å². The monoisotopic (exact) mass is 616 g/mol. The first-order valence-electron chi connectivity index (χ1n) is 13.8. The van der Waals surface area contributed by atoms with Crippen LogP contribution >= 0.6 is 0 Å². The summed E-state index contributed by atoms with van der Waals surface area (Å²) in [6.45, 7) is 4.07. The van der Waals surface area contributed by atoms with Gasteiger partial charge < -0.3 is 25.2 Å². The van der Waals surface area contributed by atoms with Crippen LogP contribution < -0.4 is 5.32 Å². The second kappa shape index (κ2) is 15.6. The number of benzene rings is 3. The van der Waals surface area contributed by atoms with Crippen molar-refractivity contribution in [2.24, 2.45) is 0 Å². The summed E-state index contributed by atoms with van der Waals surface area (Å²) in [6.07, 6.45) is -2.73. The zero-order chi connectivity index (χ0) is 30.4. The molecule has 0 spiro atoms. The molecule has 2 radical (unpaired) electrons. The zero-order valence-electron chi connectivity index (χ0n) is 24.1. The Kier molecular flexibility index (Phi) is 12.5. The number of hydrogen-bond acceptors (Lipinski definition) is 4. The van der Waals surface area contributed by atoms with Gasteiger partial charge in [-0.2, -0.15) is 0 Å². The van der Waals surface area contributed by atoms with Gasteiger partial charge in [-0.15, -0.1) is 0 Å². The molecule has 0 aliphatic carbocycles. The van der Waals surface area contributed by atoms with Gasteiger partial charge in [0.15, 0.2) is 0 Å². The minimum Gasteiger partial charge on any atom is -0.481 e. The molecule has 10 heteroatoms. The van der Waals surface area contributed by atoms with Crippen molar-refractivity contribution in [3.8, 4) is 22.4 Å². The molecule has 4 rings (SSSR count). The first-order chi connectivity index (χ1) is 20.0. The molecular formula is C33H34CaF2N2O5. The van der Waals surface area contributed by atoms with E-state index in [0.29, 0.717) is 39.3 Å². The molecule has 4 aromatic rings. The van der Waals surface area contributed by atoms with E-state index in [1.165, 1.54) is 24.3 Å². The predicted octanol–water partition coefficient (Wildman–Crippen LogP) is 6.07. The minimum atomic E-state index is -1.22. The standard InChI is InChI=1S/C33H34F2N2O5.Ca/c1-20(2)31-30(33(42)36-25-6-4-3-5-7-25)29(21-8-12-23(34)13-9-21)32(22-10-14-24(35)15-11-22)37(31)17-16-26(38)18-27(39)19-28(40)41;/h3-15,20,26-27,38-39H,16-19H2,1-2H3,(H,36,42)(H,40,41);/t26-,27-;/m1./s1. The van der Waals surface area contributed by atoms with Crippen LogP contribution in [0.1, 0.15) is 55.1 Å². The number of anilines is 1. The zero-order valence-corrected chi connectivity index (χ0v) is 26.3. The first-order valence-corrected chi connectivity index (χ1v) is 13.8. The Labute approximate surface area is 279 Å². The fraction of sp³-hybridized carbons (Fsp3) is 0.273. The number of nitrogens with zero attached hydrogens (tertiary/aromatic N) is 1. The average molecular weight is 617 g/mol. The van der Waals surface area contributed by atoms with Crippen LogP contribution in [0.2, 0.25) is 0 Å². The van der Waals surface area contributed by atoms with E-state index < -0.39 is 36.2 Å². The predicted molar refractivity (Wildman–Crippen MR) is 163 cm³/mol. The Morgan fingerprint density at radius 1 is 0.837 bits per heavy atom. The third-order valence-electron chi connectivity index (χ3n) is 7.00. The normalized spacial score (nSPS) is 12.4. The molecular weight excluding hydrogens is 582 g/mol. The van der Waals surface area contributed by atoms with Gasteiger partial charge in [0.05, 0.1) is 29.9 Å². The second-order valence-corrected chi connectivity index (χ2v) is 10.6. The van der Waals surface area contributed by atoms with Crippen molar-refractivity contribution in [3.05, 3.63) is 102 Å².